The number of aromatic hydroxyl groups is 5. The minimum atomic E-state index is 0.233. The molecule has 11 heterocycles. The molecule has 5 aromatic carbocycles. The summed E-state index contributed by atoms with van der Waals surface area (Å²) in [4.78, 5) is 46.2. The number of methoxy groups -OCH3 is 1. The van der Waals surface area contributed by atoms with Crippen molar-refractivity contribution >= 4 is 127 Å². The van der Waals surface area contributed by atoms with Crippen LogP contribution in [-0.4, -0.2) is 109 Å². The van der Waals surface area contributed by atoms with E-state index in [0.29, 0.717) is 39.3 Å². The molecule has 19 nitrogen and oxygen atoms in total. The summed E-state index contributed by atoms with van der Waals surface area (Å²) >= 11 is 0. The lowest BCUT2D eigenvalue weighted by molar-refractivity contribution is 0.122. The largest absolute Gasteiger partial charge is 0.505 e. The van der Waals surface area contributed by atoms with Crippen LogP contribution in [0.3, 0.4) is 0 Å². The molecule has 15 aromatic rings. The molecule has 19 heteroatoms. The van der Waals surface area contributed by atoms with Gasteiger partial charge in [0.15, 0.2) is 0 Å². The van der Waals surface area contributed by atoms with Crippen LogP contribution >= 0.6 is 0 Å². The Hall–Kier alpha value is -14.0. The van der Waals surface area contributed by atoms with Crippen molar-refractivity contribution in [3.8, 4) is 34.6 Å². The molecule has 0 spiro atoms. The van der Waals surface area contributed by atoms with Crippen LogP contribution in [0.1, 0.15) is 118 Å². The third-order valence-corrected chi connectivity index (χ3v) is 19.6. The fraction of sp³-hybridized carbons (Fsp3) is 0.167. The maximum Gasteiger partial charge on any atom is 0.212 e. The fourth-order valence-electron chi connectivity index (χ4n) is 13.2. The van der Waals surface area contributed by atoms with Crippen LogP contribution in [0.2, 0.25) is 0 Å². The normalized spacial score (nSPS) is 12.2. The van der Waals surface area contributed by atoms with Gasteiger partial charge in [0.2, 0.25) is 5.88 Å². The number of nitrogen functional groups attached to an aromatic ring is 1. The molecular weight excluding hydrogens is 1430 g/mol. The summed E-state index contributed by atoms with van der Waals surface area (Å²) in [6.07, 6.45) is 29.9. The third kappa shape index (κ3) is 20.0. The van der Waals surface area contributed by atoms with Crippen LogP contribution in [0.15, 0.2) is 189 Å². The molecule has 0 aliphatic carbocycles. The van der Waals surface area contributed by atoms with E-state index < -0.39 is 0 Å². The number of aryl methyl sites for hydroxylation is 11. The number of rotatable bonds is 12. The van der Waals surface area contributed by atoms with Crippen LogP contribution < -0.4 is 15.4 Å². The van der Waals surface area contributed by atoms with Crippen molar-refractivity contribution in [1.29, 1.82) is 0 Å². The number of nitrogens with two attached hydrogens (primary N) is 1. The average molecular weight is 1530 g/mol. The minimum Gasteiger partial charge on any atom is -0.505 e. The number of anilines is 2. The van der Waals surface area contributed by atoms with Crippen LogP contribution in [0.4, 0.5) is 11.6 Å². The molecule has 0 saturated carbocycles. The number of ether oxygens (including phenoxy) is 2. The number of hydrogen-bond acceptors (Lipinski definition) is 19. The number of fused-ring (bicyclic) bond motifs is 5. The number of pyridine rings is 10. The Morgan fingerprint density at radius 1 is 0.348 bits per heavy atom. The summed E-state index contributed by atoms with van der Waals surface area (Å²) in [5.74, 6) is 3.29. The minimum absolute atomic E-state index is 0.233. The smallest absolute Gasteiger partial charge is 0.212 e. The highest BCUT2D eigenvalue weighted by atomic mass is 16.5. The number of aromatic nitrogens is 10. The Morgan fingerprint density at radius 3 is 1.02 bits per heavy atom. The van der Waals surface area contributed by atoms with E-state index in [-0.39, 0.29) is 28.7 Å². The van der Waals surface area contributed by atoms with E-state index in [4.69, 9.17) is 15.2 Å². The van der Waals surface area contributed by atoms with Gasteiger partial charge in [0, 0.05) is 94.5 Å². The van der Waals surface area contributed by atoms with Gasteiger partial charge in [-0.05, 0) is 263 Å². The Labute approximate surface area is 669 Å². The number of nitrogens with zero attached hydrogens (tertiary/aromatic N) is 11. The van der Waals surface area contributed by atoms with Gasteiger partial charge in [-0.25, -0.2) is 39.9 Å². The molecular formula is C96H92N12O7. The topological polar surface area (TPSA) is 278 Å². The zero-order valence-corrected chi connectivity index (χ0v) is 66.5. The number of phenolic OH excluding ortho intramolecular Hbond substituents is 5. The Bertz CT molecular complexity index is 6200. The molecule has 1 fully saturated rings. The van der Waals surface area contributed by atoms with Gasteiger partial charge in [0.1, 0.15) is 68.0 Å². The number of hydrogen-bond donors (Lipinski definition) is 6. The van der Waals surface area contributed by atoms with Crippen LogP contribution in [0.25, 0.3) is 115 Å². The zero-order valence-electron chi connectivity index (χ0n) is 66.5. The maximum absolute atomic E-state index is 10.3. The molecule has 1 saturated heterocycles. The number of phenols is 5. The molecule has 16 rings (SSSR count). The second kappa shape index (κ2) is 36.9. The predicted octanol–water partition coefficient (Wildman–Crippen LogP) is 20.3. The lowest BCUT2D eigenvalue weighted by atomic mass is 10.0. The first-order valence-corrected chi connectivity index (χ1v) is 37.7. The molecule has 0 atom stereocenters. The standard InChI is InChI=1S/C22H23N3O2.C19H18N2O2.C19H18N2O.C18H17N3O.C18H16N2O/c1-15-13-16(2)22(26)21-19(15)7-6-18(24-21)5-3-17-4-8-20(23-14-17)25-9-11-27-12-10-25;1-12-10-13(2)19(22)18-16(12)8-7-15(21-18)6-4-14-5-9-17(23-3)20-11-14;1-12-10-13(2)19(22)18-17(12)9-8-16(21-18)7-6-15-5-4-14(3)20-11-15;1-11-10-12(2)17(22)16-15(11)8-7-14(21-16)6-5-13-4-3-9-20-18(13)19;1-12-10-13(2)18(21)17-16(12)8-7-15(20-17)6-5-14-4-3-9-19-11-14/h3-8,13-14,26H,9-12H2,1-2H3;4-11,22H,1-3H3;4-11,22H,1-3H3;3-10,22H,1-2H3,(H2,19,20);3-11,21H,1-2H3/b5-3+;6-4+;7-6+;2*6-5+. The molecule has 578 valence electrons. The van der Waals surface area contributed by atoms with Crippen molar-refractivity contribution in [3.05, 3.63) is 306 Å². The second-order valence-corrected chi connectivity index (χ2v) is 28.3. The van der Waals surface area contributed by atoms with Crippen molar-refractivity contribution in [2.75, 3.05) is 44.0 Å². The molecule has 115 heavy (non-hydrogen) atoms. The van der Waals surface area contributed by atoms with Crippen molar-refractivity contribution < 1.29 is 35.0 Å². The van der Waals surface area contributed by atoms with Crippen molar-refractivity contribution in [3.63, 3.8) is 0 Å². The van der Waals surface area contributed by atoms with Gasteiger partial charge >= 0.3 is 0 Å². The van der Waals surface area contributed by atoms with E-state index in [0.717, 1.165) is 177 Å². The number of morpholine rings is 1. The SMILES string of the molecule is COc1ccc(/C=C/c2ccc3c(C)cc(C)c(O)c3n2)cn1.Cc1cc(C)c2ccc(/C=C/c3ccc(N4CCOCC4)nc3)nc2c1O.Cc1cc(C)c2ccc(/C=C/c3cccnc3)nc2c1O.Cc1cc(C)c2ccc(/C=C/c3cccnc3N)nc2c1O.Cc1ccc(/C=C/c2ccc3c(C)cc(C)c(O)c3n2)cn1. The van der Waals surface area contributed by atoms with Crippen molar-refractivity contribution in [1.82, 2.24) is 49.8 Å². The molecule has 10 aromatic heterocycles. The van der Waals surface area contributed by atoms with Gasteiger partial charge in [0.05, 0.1) is 48.8 Å². The Balaban J connectivity index is 0.000000133. The van der Waals surface area contributed by atoms with E-state index in [9.17, 15) is 25.5 Å². The van der Waals surface area contributed by atoms with E-state index in [1.54, 1.807) is 31.9 Å². The van der Waals surface area contributed by atoms with Gasteiger partial charge < -0.3 is 45.6 Å². The van der Waals surface area contributed by atoms with Gasteiger partial charge in [-0.15, -0.1) is 0 Å². The van der Waals surface area contributed by atoms with Gasteiger partial charge in [-0.2, -0.15) is 0 Å². The van der Waals surface area contributed by atoms with Crippen molar-refractivity contribution in [2.45, 2.75) is 76.2 Å². The summed E-state index contributed by atoms with van der Waals surface area (Å²) < 4.78 is 10.4. The van der Waals surface area contributed by atoms with E-state index >= 15 is 0 Å². The Morgan fingerprint density at radius 2 is 0.696 bits per heavy atom. The Kier molecular flexibility index (Phi) is 25.8. The summed E-state index contributed by atoms with van der Waals surface area (Å²) in [5.41, 5.74) is 28.6. The van der Waals surface area contributed by atoms with Gasteiger partial charge in [-0.3, -0.25) is 9.97 Å². The van der Waals surface area contributed by atoms with E-state index in [1.165, 1.54) is 0 Å². The fourth-order valence-corrected chi connectivity index (χ4v) is 13.2. The molecule has 0 unspecified atom stereocenters. The van der Waals surface area contributed by atoms with Crippen LogP contribution in [0.5, 0.6) is 34.6 Å². The molecule has 0 bridgehead atoms. The highest BCUT2D eigenvalue weighted by Gasteiger charge is 2.16. The van der Waals surface area contributed by atoms with E-state index in [2.05, 4.69) is 60.8 Å². The zero-order chi connectivity index (χ0) is 81.4. The molecule has 0 amide bonds. The van der Waals surface area contributed by atoms with Gasteiger partial charge in [0.25, 0.3) is 0 Å². The second-order valence-electron chi connectivity index (χ2n) is 28.3. The maximum atomic E-state index is 10.3. The molecule has 1 aliphatic rings. The van der Waals surface area contributed by atoms with E-state index in [1.807, 2.05) is 295 Å². The first-order valence-electron chi connectivity index (χ1n) is 37.7. The lowest BCUT2D eigenvalue weighted by Gasteiger charge is -2.27. The predicted molar refractivity (Wildman–Crippen MR) is 469 cm³/mol. The molecule has 7 N–H and O–H groups in total. The monoisotopic (exact) mass is 1520 g/mol. The summed E-state index contributed by atoms with van der Waals surface area (Å²) in [6.45, 7) is 24.8. The highest BCUT2D eigenvalue weighted by molar-refractivity contribution is 5.94. The highest BCUT2D eigenvalue weighted by Crippen LogP contribution is 2.36. The summed E-state index contributed by atoms with van der Waals surface area (Å²) in [5, 5.41) is 56.1. The quantitative estimate of drug-likeness (QED) is 0.0663. The van der Waals surface area contributed by atoms with Gasteiger partial charge in [-0.1, -0.05) is 97.1 Å². The van der Waals surface area contributed by atoms with Crippen LogP contribution in [-0.2, 0) is 4.74 Å². The molecule has 1 aliphatic heterocycles. The molecule has 0 radical (unpaired) electrons. The average Bonchev–Trinajstić information content (AvgIpc) is 0.812. The first kappa shape index (κ1) is 80.5. The third-order valence-electron chi connectivity index (χ3n) is 19.6. The van der Waals surface area contributed by atoms with Crippen LogP contribution in [0, 0.1) is 76.2 Å². The lowest BCUT2D eigenvalue weighted by Crippen LogP contribution is -2.36. The number of benzene rings is 5. The summed E-state index contributed by atoms with van der Waals surface area (Å²) in [6, 6.07) is 49.0. The summed E-state index contributed by atoms with van der Waals surface area (Å²) in [7, 11) is 1.59. The van der Waals surface area contributed by atoms with Crippen molar-refractivity contribution in [2.24, 2.45) is 0 Å². The first-order chi connectivity index (χ1) is 55.4.